The molecule has 2 aromatic carbocycles. The van der Waals surface area contributed by atoms with Gasteiger partial charge in [0.05, 0.1) is 0 Å². The maximum absolute atomic E-state index is 6.24. The molecule has 0 unspecified atom stereocenters. The van der Waals surface area contributed by atoms with Gasteiger partial charge in [-0.05, 0) is 48.7 Å². The minimum absolute atomic E-state index is 0.622. The summed E-state index contributed by atoms with van der Waals surface area (Å²) in [6.07, 6.45) is 0.778. The van der Waals surface area contributed by atoms with Gasteiger partial charge in [-0.2, -0.15) is 4.98 Å². The van der Waals surface area contributed by atoms with Crippen LogP contribution in [0.3, 0.4) is 0 Å². The SMILES string of the molecule is Cc1nc2nc(SCc3ccccc3Cl)nn2c(C)c1Cc1ccc(Cl)cc1. The minimum atomic E-state index is 0.622. The second-order valence-electron chi connectivity index (χ2n) is 6.55. The van der Waals surface area contributed by atoms with Gasteiger partial charge in [-0.25, -0.2) is 9.50 Å². The summed E-state index contributed by atoms with van der Waals surface area (Å²) in [5, 5.41) is 6.85. The molecule has 7 heteroatoms. The van der Waals surface area contributed by atoms with Crippen molar-refractivity contribution in [3.63, 3.8) is 0 Å². The van der Waals surface area contributed by atoms with Crippen LogP contribution in [0.25, 0.3) is 5.78 Å². The maximum atomic E-state index is 6.24. The van der Waals surface area contributed by atoms with Crippen LogP contribution in [-0.4, -0.2) is 19.6 Å². The molecule has 0 saturated carbocycles. The van der Waals surface area contributed by atoms with E-state index >= 15 is 0 Å². The molecule has 2 heterocycles. The highest BCUT2D eigenvalue weighted by Crippen LogP contribution is 2.26. The third kappa shape index (κ3) is 4.02. The average molecular weight is 429 g/mol. The number of halogens is 2. The van der Waals surface area contributed by atoms with E-state index in [9.17, 15) is 0 Å². The normalized spacial score (nSPS) is 11.3. The fraction of sp³-hybridized carbons (Fsp3) is 0.190. The first-order valence-corrected chi connectivity index (χ1v) is 10.6. The van der Waals surface area contributed by atoms with Crippen LogP contribution in [0.15, 0.2) is 53.7 Å². The van der Waals surface area contributed by atoms with Crippen molar-refractivity contribution < 1.29 is 0 Å². The summed E-state index contributed by atoms with van der Waals surface area (Å²) in [4.78, 5) is 9.25. The van der Waals surface area contributed by atoms with Crippen LogP contribution in [0.1, 0.15) is 28.1 Å². The molecule has 0 saturated heterocycles. The molecule has 2 aromatic heterocycles. The molecule has 0 amide bonds. The first-order chi connectivity index (χ1) is 13.5. The van der Waals surface area contributed by atoms with Gasteiger partial charge in [-0.3, -0.25) is 0 Å². The van der Waals surface area contributed by atoms with Crippen LogP contribution in [0, 0.1) is 13.8 Å². The van der Waals surface area contributed by atoms with Crippen LogP contribution in [0.2, 0.25) is 10.0 Å². The van der Waals surface area contributed by atoms with Gasteiger partial charge in [0, 0.05) is 33.6 Å². The summed E-state index contributed by atoms with van der Waals surface area (Å²) in [6.45, 7) is 4.08. The molecule has 0 aliphatic heterocycles. The van der Waals surface area contributed by atoms with Crippen LogP contribution < -0.4 is 0 Å². The zero-order valence-electron chi connectivity index (χ0n) is 15.5. The summed E-state index contributed by atoms with van der Waals surface area (Å²) in [7, 11) is 0. The molecule has 0 atom stereocenters. The third-order valence-electron chi connectivity index (χ3n) is 4.64. The maximum Gasteiger partial charge on any atom is 0.253 e. The predicted octanol–water partition coefficient (Wildman–Crippen LogP) is 5.93. The summed E-state index contributed by atoms with van der Waals surface area (Å²) >= 11 is 13.8. The lowest BCUT2D eigenvalue weighted by molar-refractivity contribution is 0.823. The van der Waals surface area contributed by atoms with Crippen molar-refractivity contribution >= 4 is 40.7 Å². The van der Waals surface area contributed by atoms with Gasteiger partial charge in [0.25, 0.3) is 5.78 Å². The summed E-state index contributed by atoms with van der Waals surface area (Å²) in [5.74, 6) is 1.34. The average Bonchev–Trinajstić information content (AvgIpc) is 3.09. The quantitative estimate of drug-likeness (QED) is 0.369. The Kier molecular flexibility index (Phi) is 5.58. The molecule has 142 valence electrons. The van der Waals surface area contributed by atoms with Crippen molar-refractivity contribution in [3.8, 4) is 0 Å². The highest BCUT2D eigenvalue weighted by atomic mass is 35.5. The number of hydrogen-bond acceptors (Lipinski definition) is 4. The lowest BCUT2D eigenvalue weighted by Crippen LogP contribution is -2.06. The molecule has 4 aromatic rings. The van der Waals surface area contributed by atoms with E-state index in [1.807, 2.05) is 60.0 Å². The van der Waals surface area contributed by atoms with Gasteiger partial charge in [-0.15, -0.1) is 5.10 Å². The fourth-order valence-electron chi connectivity index (χ4n) is 3.07. The summed E-state index contributed by atoms with van der Waals surface area (Å²) < 4.78 is 1.83. The number of fused-ring (bicyclic) bond motifs is 1. The molecule has 4 nitrogen and oxygen atoms in total. The van der Waals surface area contributed by atoms with E-state index in [0.717, 1.165) is 39.0 Å². The van der Waals surface area contributed by atoms with Gasteiger partial charge in [0.1, 0.15) is 0 Å². The summed E-state index contributed by atoms with van der Waals surface area (Å²) in [6, 6.07) is 15.7. The first-order valence-electron chi connectivity index (χ1n) is 8.85. The van der Waals surface area contributed by atoms with Crippen LogP contribution in [0.5, 0.6) is 0 Å². The van der Waals surface area contributed by atoms with Crippen molar-refractivity contribution in [1.29, 1.82) is 0 Å². The van der Waals surface area contributed by atoms with E-state index in [2.05, 4.69) is 22.0 Å². The number of rotatable bonds is 5. The van der Waals surface area contributed by atoms with E-state index in [1.165, 1.54) is 5.56 Å². The standard InChI is InChI=1S/C21H18Cl2N4S/c1-13-18(11-15-7-9-17(22)10-8-15)14(2)27-20(24-13)25-21(26-27)28-12-16-5-3-4-6-19(16)23/h3-10H,11-12H2,1-2H3. The first kappa shape index (κ1) is 19.2. The number of aryl methyl sites for hydroxylation is 2. The Morgan fingerprint density at radius 3 is 2.46 bits per heavy atom. The molecule has 4 rings (SSSR count). The Labute approximate surface area is 177 Å². The molecule has 0 spiro atoms. The van der Waals surface area contributed by atoms with E-state index < -0.39 is 0 Å². The smallest absolute Gasteiger partial charge is 0.216 e. The van der Waals surface area contributed by atoms with E-state index in [0.29, 0.717) is 16.7 Å². The van der Waals surface area contributed by atoms with Crippen LogP contribution in [-0.2, 0) is 12.2 Å². The zero-order chi connectivity index (χ0) is 19.7. The highest BCUT2D eigenvalue weighted by Gasteiger charge is 2.14. The Balaban J connectivity index is 1.61. The third-order valence-corrected chi connectivity index (χ3v) is 6.15. The van der Waals surface area contributed by atoms with E-state index in [4.69, 9.17) is 23.2 Å². The van der Waals surface area contributed by atoms with Gasteiger partial charge in [0.15, 0.2) is 0 Å². The highest BCUT2D eigenvalue weighted by molar-refractivity contribution is 7.98. The van der Waals surface area contributed by atoms with E-state index in [1.54, 1.807) is 11.8 Å². The lowest BCUT2D eigenvalue weighted by atomic mass is 10.0. The second kappa shape index (κ2) is 8.11. The van der Waals surface area contributed by atoms with Crippen molar-refractivity contribution in [3.05, 3.63) is 86.7 Å². The van der Waals surface area contributed by atoms with Crippen LogP contribution >= 0.6 is 35.0 Å². The van der Waals surface area contributed by atoms with Gasteiger partial charge in [-0.1, -0.05) is 65.3 Å². The van der Waals surface area contributed by atoms with Crippen molar-refractivity contribution in [2.45, 2.75) is 31.2 Å². The molecule has 0 N–H and O–H groups in total. The molecular formula is C21H18Cl2N4S. The number of hydrogen-bond donors (Lipinski definition) is 0. The number of thioether (sulfide) groups is 1. The molecule has 0 bridgehead atoms. The molecule has 0 aliphatic carbocycles. The molecule has 0 fully saturated rings. The van der Waals surface area contributed by atoms with Gasteiger partial charge >= 0.3 is 0 Å². The minimum Gasteiger partial charge on any atom is -0.216 e. The summed E-state index contributed by atoms with van der Waals surface area (Å²) in [5.41, 5.74) is 5.43. The van der Waals surface area contributed by atoms with E-state index in [-0.39, 0.29) is 0 Å². The van der Waals surface area contributed by atoms with Gasteiger partial charge < -0.3 is 0 Å². The monoisotopic (exact) mass is 428 g/mol. The largest absolute Gasteiger partial charge is 0.253 e. The fourth-order valence-corrected chi connectivity index (χ4v) is 4.30. The van der Waals surface area contributed by atoms with Gasteiger partial charge in [0.2, 0.25) is 5.16 Å². The number of benzene rings is 2. The molecule has 0 aliphatic rings. The Hall–Kier alpha value is -2.08. The lowest BCUT2D eigenvalue weighted by Gasteiger charge is -2.10. The molecule has 28 heavy (non-hydrogen) atoms. The van der Waals surface area contributed by atoms with Crippen LogP contribution in [0.4, 0.5) is 0 Å². The Morgan fingerprint density at radius 2 is 1.71 bits per heavy atom. The van der Waals surface area contributed by atoms with Crippen molar-refractivity contribution in [1.82, 2.24) is 19.6 Å². The Bertz CT molecular complexity index is 1140. The number of nitrogens with zero attached hydrogens (tertiary/aromatic N) is 4. The molecule has 0 radical (unpaired) electrons. The number of aromatic nitrogens is 4. The van der Waals surface area contributed by atoms with Crippen molar-refractivity contribution in [2.75, 3.05) is 0 Å². The predicted molar refractivity (Wildman–Crippen MR) is 116 cm³/mol. The second-order valence-corrected chi connectivity index (χ2v) is 8.34. The zero-order valence-corrected chi connectivity index (χ0v) is 17.8. The topological polar surface area (TPSA) is 43.1 Å². The van der Waals surface area contributed by atoms with Crippen molar-refractivity contribution in [2.24, 2.45) is 0 Å². The molecular weight excluding hydrogens is 411 g/mol. The Morgan fingerprint density at radius 1 is 0.964 bits per heavy atom.